The molecule has 2 aliphatic rings. The molecule has 0 aromatic heterocycles. The molecule has 0 heteroatoms. The molecule has 0 radical (unpaired) electrons. The zero-order valence-corrected chi connectivity index (χ0v) is 19.3. The monoisotopic (exact) mass is 378 g/mol. The fourth-order valence-electron chi connectivity index (χ4n) is 5.50. The molecule has 0 nitrogen and oxygen atoms in total. The number of rotatable bonds is 5. The standard InChI is InChI=1S/C28H42/c1-8-22(21(3)23-12-10-9-11-13-23)18-20(2)24-14-15-25-26(19-24)28(6,7)17-16-27(25,4)5/h14-15,18-19,22-23H,3,8-13,16-17H2,1-2,4-7H3/b20-18+. The Balaban J connectivity index is 1.89. The Labute approximate surface area is 174 Å². The van der Waals surface area contributed by atoms with Crippen molar-refractivity contribution in [2.75, 3.05) is 0 Å². The Kier molecular flexibility index (Phi) is 6.28. The van der Waals surface area contributed by atoms with E-state index in [2.05, 4.69) is 72.4 Å². The second-order valence-corrected chi connectivity index (χ2v) is 10.8. The third kappa shape index (κ3) is 4.32. The van der Waals surface area contributed by atoms with Crippen LogP contribution >= 0.6 is 0 Å². The number of hydrogen-bond donors (Lipinski definition) is 0. The van der Waals surface area contributed by atoms with E-state index < -0.39 is 0 Å². The van der Waals surface area contributed by atoms with E-state index in [1.54, 1.807) is 11.1 Å². The average Bonchev–Trinajstić information content (AvgIpc) is 2.69. The van der Waals surface area contributed by atoms with Crippen molar-refractivity contribution < 1.29 is 0 Å². The molecule has 0 N–H and O–H groups in total. The Hall–Kier alpha value is -1.30. The number of fused-ring (bicyclic) bond motifs is 1. The van der Waals surface area contributed by atoms with Crippen LogP contribution in [-0.2, 0) is 10.8 Å². The van der Waals surface area contributed by atoms with Crippen molar-refractivity contribution in [3.8, 4) is 0 Å². The van der Waals surface area contributed by atoms with Gasteiger partial charge in [-0.15, -0.1) is 0 Å². The highest BCUT2D eigenvalue weighted by atomic mass is 14.4. The summed E-state index contributed by atoms with van der Waals surface area (Å²) in [5.41, 5.74) is 8.00. The Morgan fingerprint density at radius 1 is 1.04 bits per heavy atom. The van der Waals surface area contributed by atoms with Crippen molar-refractivity contribution >= 4 is 5.57 Å². The largest absolute Gasteiger partial charge is 0.0990 e. The molecule has 2 aliphatic carbocycles. The van der Waals surface area contributed by atoms with Gasteiger partial charge in [0.25, 0.3) is 0 Å². The lowest BCUT2D eigenvalue weighted by molar-refractivity contribution is 0.332. The molecular formula is C28H42. The molecule has 1 aromatic rings. The molecule has 1 aromatic carbocycles. The third-order valence-corrected chi connectivity index (χ3v) is 7.80. The Morgan fingerprint density at radius 3 is 2.25 bits per heavy atom. The van der Waals surface area contributed by atoms with E-state index >= 15 is 0 Å². The first-order valence-corrected chi connectivity index (χ1v) is 11.7. The van der Waals surface area contributed by atoms with Gasteiger partial charge in [0.05, 0.1) is 0 Å². The molecule has 0 amide bonds. The van der Waals surface area contributed by atoms with Gasteiger partial charge in [0.2, 0.25) is 0 Å². The van der Waals surface area contributed by atoms with Crippen LogP contribution in [0.4, 0.5) is 0 Å². The van der Waals surface area contributed by atoms with E-state index in [9.17, 15) is 0 Å². The van der Waals surface area contributed by atoms with Gasteiger partial charge in [-0.3, -0.25) is 0 Å². The van der Waals surface area contributed by atoms with Crippen LogP contribution in [-0.4, -0.2) is 0 Å². The van der Waals surface area contributed by atoms with Crippen LogP contribution in [0.3, 0.4) is 0 Å². The van der Waals surface area contributed by atoms with Gasteiger partial charge >= 0.3 is 0 Å². The van der Waals surface area contributed by atoms with Crippen LogP contribution in [0.1, 0.15) is 110 Å². The molecule has 0 saturated heterocycles. The minimum atomic E-state index is 0.275. The van der Waals surface area contributed by atoms with Crippen molar-refractivity contribution in [1.29, 1.82) is 0 Å². The smallest absolute Gasteiger partial charge is 0.00199 e. The normalized spacial score (nSPS) is 23.1. The average molecular weight is 379 g/mol. The second-order valence-electron chi connectivity index (χ2n) is 10.8. The highest BCUT2D eigenvalue weighted by molar-refractivity contribution is 5.66. The summed E-state index contributed by atoms with van der Waals surface area (Å²) in [5.74, 6) is 1.26. The summed E-state index contributed by atoms with van der Waals surface area (Å²) in [6, 6.07) is 7.28. The first-order valence-electron chi connectivity index (χ1n) is 11.7. The van der Waals surface area contributed by atoms with Crippen LogP contribution < -0.4 is 0 Å². The summed E-state index contributed by atoms with van der Waals surface area (Å²) >= 11 is 0. The summed E-state index contributed by atoms with van der Waals surface area (Å²) in [6.45, 7) is 18.8. The van der Waals surface area contributed by atoms with E-state index in [0.717, 1.165) is 12.3 Å². The van der Waals surface area contributed by atoms with Gasteiger partial charge in [-0.2, -0.15) is 0 Å². The molecule has 0 aliphatic heterocycles. The second kappa shape index (κ2) is 8.21. The van der Waals surface area contributed by atoms with Crippen LogP contribution in [0.25, 0.3) is 5.57 Å². The van der Waals surface area contributed by atoms with Gasteiger partial charge in [0.1, 0.15) is 0 Å². The van der Waals surface area contributed by atoms with Crippen molar-refractivity contribution in [3.05, 3.63) is 53.1 Å². The van der Waals surface area contributed by atoms with Crippen LogP contribution in [0.15, 0.2) is 36.4 Å². The van der Waals surface area contributed by atoms with Crippen LogP contribution in [0.2, 0.25) is 0 Å². The molecule has 28 heavy (non-hydrogen) atoms. The highest BCUT2D eigenvalue weighted by Crippen LogP contribution is 2.46. The van der Waals surface area contributed by atoms with E-state index in [1.165, 1.54) is 61.7 Å². The molecule has 3 rings (SSSR count). The van der Waals surface area contributed by atoms with E-state index in [-0.39, 0.29) is 5.41 Å². The zero-order chi connectivity index (χ0) is 20.5. The van der Waals surface area contributed by atoms with E-state index in [4.69, 9.17) is 0 Å². The summed E-state index contributed by atoms with van der Waals surface area (Å²) in [7, 11) is 0. The van der Waals surface area contributed by atoms with Gasteiger partial charge < -0.3 is 0 Å². The van der Waals surface area contributed by atoms with Crippen molar-refractivity contribution in [1.82, 2.24) is 0 Å². The summed E-state index contributed by atoms with van der Waals surface area (Å²) in [6.07, 6.45) is 13.1. The predicted molar refractivity (Wildman–Crippen MR) is 125 cm³/mol. The SMILES string of the molecule is C=C(C(/C=C(\C)c1ccc2c(c1)C(C)(C)CCC2(C)C)CC)C1CCCCC1. The molecule has 0 spiro atoms. The van der Waals surface area contributed by atoms with Crippen LogP contribution in [0.5, 0.6) is 0 Å². The molecule has 1 fully saturated rings. The maximum absolute atomic E-state index is 4.56. The summed E-state index contributed by atoms with van der Waals surface area (Å²) in [5, 5.41) is 0. The van der Waals surface area contributed by atoms with Crippen molar-refractivity contribution in [2.45, 2.75) is 104 Å². The Bertz CT molecular complexity index is 737. The fraction of sp³-hybridized carbons (Fsp3) is 0.643. The maximum atomic E-state index is 4.56. The van der Waals surface area contributed by atoms with E-state index in [1.807, 2.05) is 0 Å². The van der Waals surface area contributed by atoms with Gasteiger partial charge in [-0.05, 0) is 84.0 Å². The van der Waals surface area contributed by atoms with E-state index in [0.29, 0.717) is 11.3 Å². The van der Waals surface area contributed by atoms with Gasteiger partial charge in [-0.25, -0.2) is 0 Å². The highest BCUT2D eigenvalue weighted by Gasteiger charge is 2.37. The molecular weight excluding hydrogens is 336 g/mol. The molecule has 0 heterocycles. The summed E-state index contributed by atoms with van der Waals surface area (Å²) in [4.78, 5) is 0. The molecule has 1 saturated carbocycles. The summed E-state index contributed by atoms with van der Waals surface area (Å²) < 4.78 is 0. The first kappa shape index (κ1) is 21.4. The lowest BCUT2D eigenvalue weighted by Crippen LogP contribution is -2.33. The minimum Gasteiger partial charge on any atom is -0.0990 e. The molecule has 0 bridgehead atoms. The van der Waals surface area contributed by atoms with Crippen molar-refractivity contribution in [2.24, 2.45) is 11.8 Å². The minimum absolute atomic E-state index is 0.275. The van der Waals surface area contributed by atoms with Gasteiger partial charge in [-0.1, -0.05) is 90.3 Å². The molecule has 1 atom stereocenters. The Morgan fingerprint density at radius 2 is 1.64 bits per heavy atom. The maximum Gasteiger partial charge on any atom is -0.00199 e. The molecule has 1 unspecified atom stereocenters. The number of hydrogen-bond acceptors (Lipinski definition) is 0. The van der Waals surface area contributed by atoms with Gasteiger partial charge in [0.15, 0.2) is 0 Å². The zero-order valence-electron chi connectivity index (χ0n) is 19.3. The third-order valence-electron chi connectivity index (χ3n) is 7.80. The lowest BCUT2D eigenvalue weighted by atomic mass is 9.63. The fourth-order valence-corrected chi connectivity index (χ4v) is 5.50. The molecule has 154 valence electrons. The predicted octanol–water partition coefficient (Wildman–Crippen LogP) is 8.60. The topological polar surface area (TPSA) is 0 Å². The quantitative estimate of drug-likeness (QED) is 0.450. The lowest BCUT2D eigenvalue weighted by Gasteiger charge is -2.42. The van der Waals surface area contributed by atoms with Gasteiger partial charge in [0, 0.05) is 0 Å². The van der Waals surface area contributed by atoms with Crippen molar-refractivity contribution in [3.63, 3.8) is 0 Å². The first-order chi connectivity index (χ1) is 13.2. The number of benzene rings is 1. The number of allylic oxidation sites excluding steroid dienone is 3. The van der Waals surface area contributed by atoms with Crippen LogP contribution in [0, 0.1) is 11.8 Å².